The second-order valence-corrected chi connectivity index (χ2v) is 7.34. The number of furan rings is 1. The number of nitrogens with one attached hydrogen (secondary N) is 1. The molecule has 0 amide bonds. The average Bonchev–Trinajstić information content (AvgIpc) is 3.20. The van der Waals surface area contributed by atoms with Gasteiger partial charge in [-0.25, -0.2) is 9.97 Å². The highest BCUT2D eigenvalue weighted by Gasteiger charge is 2.28. The zero-order valence-electron chi connectivity index (χ0n) is 15.6. The van der Waals surface area contributed by atoms with Crippen LogP contribution in [0.3, 0.4) is 0 Å². The molecule has 1 N–H and O–H groups in total. The van der Waals surface area contributed by atoms with Gasteiger partial charge in [0.15, 0.2) is 5.78 Å². The number of aromatic nitrogens is 2. The van der Waals surface area contributed by atoms with E-state index >= 15 is 0 Å². The summed E-state index contributed by atoms with van der Waals surface area (Å²) in [5.74, 6) is 2.12. The number of fused-ring (bicyclic) bond motifs is 1. The monoisotopic (exact) mass is 361 g/mol. The van der Waals surface area contributed by atoms with E-state index in [0.29, 0.717) is 30.4 Å². The fourth-order valence-electron chi connectivity index (χ4n) is 3.50. The first-order valence-corrected chi connectivity index (χ1v) is 9.35. The van der Waals surface area contributed by atoms with Crippen LogP contribution in [0.5, 0.6) is 0 Å². The Morgan fingerprint density at radius 1 is 1.19 bits per heavy atom. The van der Waals surface area contributed by atoms with Gasteiger partial charge in [-0.1, -0.05) is 38.1 Å². The van der Waals surface area contributed by atoms with Gasteiger partial charge in [-0.05, 0) is 41.5 Å². The number of rotatable bonds is 5. The van der Waals surface area contributed by atoms with Crippen molar-refractivity contribution in [3.63, 3.8) is 0 Å². The van der Waals surface area contributed by atoms with Crippen LogP contribution >= 0.6 is 0 Å². The van der Waals surface area contributed by atoms with Gasteiger partial charge in [0, 0.05) is 12.6 Å². The zero-order valence-corrected chi connectivity index (χ0v) is 15.6. The minimum Gasteiger partial charge on any atom is -0.467 e. The molecular formula is C22H23N3O2. The van der Waals surface area contributed by atoms with E-state index in [1.807, 2.05) is 12.1 Å². The number of benzene rings is 1. The average molecular weight is 361 g/mol. The van der Waals surface area contributed by atoms with Crippen LogP contribution < -0.4 is 5.32 Å². The summed E-state index contributed by atoms with van der Waals surface area (Å²) < 4.78 is 5.31. The van der Waals surface area contributed by atoms with Gasteiger partial charge in [0.1, 0.15) is 5.76 Å². The molecule has 0 saturated heterocycles. The minimum absolute atomic E-state index is 0.117. The molecule has 3 aromatic rings. The highest BCUT2D eigenvalue weighted by atomic mass is 16.3. The van der Waals surface area contributed by atoms with Crippen molar-refractivity contribution in [3.05, 3.63) is 77.0 Å². The Balaban J connectivity index is 1.52. The van der Waals surface area contributed by atoms with Crippen molar-refractivity contribution >= 4 is 11.7 Å². The first-order chi connectivity index (χ1) is 13.1. The van der Waals surface area contributed by atoms with Gasteiger partial charge in [-0.15, -0.1) is 0 Å². The molecule has 138 valence electrons. The van der Waals surface area contributed by atoms with Crippen molar-refractivity contribution in [3.8, 4) is 0 Å². The van der Waals surface area contributed by atoms with Crippen molar-refractivity contribution in [2.24, 2.45) is 0 Å². The first kappa shape index (κ1) is 17.5. The number of carbonyl (C=O) groups is 1. The molecule has 0 radical (unpaired) electrons. The maximum Gasteiger partial charge on any atom is 0.223 e. The molecule has 5 heteroatoms. The summed E-state index contributed by atoms with van der Waals surface area (Å²) in [7, 11) is 0. The third-order valence-electron chi connectivity index (χ3n) is 5.12. The lowest BCUT2D eigenvalue weighted by Gasteiger charge is -2.23. The van der Waals surface area contributed by atoms with E-state index in [-0.39, 0.29) is 11.7 Å². The van der Waals surface area contributed by atoms with Gasteiger partial charge < -0.3 is 9.73 Å². The summed E-state index contributed by atoms with van der Waals surface area (Å²) >= 11 is 0. The van der Waals surface area contributed by atoms with E-state index in [0.717, 1.165) is 17.9 Å². The van der Waals surface area contributed by atoms with Crippen LogP contribution in [0.2, 0.25) is 0 Å². The molecule has 1 aromatic carbocycles. The van der Waals surface area contributed by atoms with Crippen LogP contribution in [0, 0.1) is 0 Å². The summed E-state index contributed by atoms with van der Waals surface area (Å²) in [5.41, 5.74) is 3.98. The van der Waals surface area contributed by atoms with Crippen LogP contribution in [0.1, 0.15) is 65.0 Å². The standard InChI is InChI=1S/C22H23N3O2/c1-14(2)15-5-7-16(8-6-15)17-10-20-19(21(26)11-17)13-24-22(25-20)23-12-18-4-3-9-27-18/h3-9,13-14,17H,10-12H2,1-2H3,(H,23,24,25). The predicted octanol–water partition coefficient (Wildman–Crippen LogP) is 4.72. The highest BCUT2D eigenvalue weighted by molar-refractivity contribution is 5.98. The molecule has 0 fully saturated rings. The summed E-state index contributed by atoms with van der Waals surface area (Å²) in [4.78, 5) is 21.5. The molecule has 0 spiro atoms. The van der Waals surface area contributed by atoms with E-state index in [2.05, 4.69) is 53.4 Å². The van der Waals surface area contributed by atoms with E-state index < -0.39 is 0 Å². The van der Waals surface area contributed by atoms with Gasteiger partial charge in [-0.2, -0.15) is 0 Å². The van der Waals surface area contributed by atoms with Crippen molar-refractivity contribution in [1.29, 1.82) is 0 Å². The predicted molar refractivity (Wildman–Crippen MR) is 104 cm³/mol. The highest BCUT2D eigenvalue weighted by Crippen LogP contribution is 2.32. The lowest BCUT2D eigenvalue weighted by Crippen LogP contribution is -2.21. The molecule has 0 saturated carbocycles. The van der Waals surface area contributed by atoms with Crippen LogP contribution in [0.25, 0.3) is 0 Å². The molecule has 2 aromatic heterocycles. The van der Waals surface area contributed by atoms with Crippen molar-refractivity contribution in [2.75, 3.05) is 5.32 Å². The number of nitrogens with zero attached hydrogens (tertiary/aromatic N) is 2. The lowest BCUT2D eigenvalue weighted by atomic mass is 9.81. The van der Waals surface area contributed by atoms with E-state index in [1.54, 1.807) is 12.5 Å². The van der Waals surface area contributed by atoms with Crippen LogP contribution in [-0.4, -0.2) is 15.8 Å². The summed E-state index contributed by atoms with van der Waals surface area (Å²) in [6.07, 6.45) is 4.54. The Labute approximate surface area is 158 Å². The SMILES string of the molecule is CC(C)c1ccc(C2CC(=O)c3cnc(NCc4ccco4)nc3C2)cc1. The Morgan fingerprint density at radius 3 is 2.70 bits per heavy atom. The second kappa shape index (κ2) is 7.35. The number of Topliss-reactive ketones (excluding diaryl/α,β-unsaturated/α-hetero) is 1. The Morgan fingerprint density at radius 2 is 2.00 bits per heavy atom. The lowest BCUT2D eigenvalue weighted by molar-refractivity contribution is 0.0962. The number of anilines is 1. The van der Waals surface area contributed by atoms with Crippen LogP contribution in [-0.2, 0) is 13.0 Å². The zero-order chi connectivity index (χ0) is 18.8. The molecule has 1 aliphatic rings. The maximum absolute atomic E-state index is 12.6. The first-order valence-electron chi connectivity index (χ1n) is 9.35. The third-order valence-corrected chi connectivity index (χ3v) is 5.12. The number of ketones is 1. The summed E-state index contributed by atoms with van der Waals surface area (Å²) in [6.45, 7) is 4.88. The fourth-order valence-corrected chi connectivity index (χ4v) is 3.50. The van der Waals surface area contributed by atoms with E-state index in [1.165, 1.54) is 11.1 Å². The molecule has 5 nitrogen and oxygen atoms in total. The molecule has 1 atom stereocenters. The van der Waals surface area contributed by atoms with E-state index in [9.17, 15) is 4.79 Å². The van der Waals surface area contributed by atoms with Gasteiger partial charge in [0.05, 0.1) is 24.1 Å². The molecule has 1 unspecified atom stereocenters. The normalized spacial score (nSPS) is 16.4. The van der Waals surface area contributed by atoms with Crippen LogP contribution in [0.4, 0.5) is 5.95 Å². The molecule has 0 aliphatic heterocycles. The Kier molecular flexibility index (Phi) is 4.75. The third kappa shape index (κ3) is 3.77. The van der Waals surface area contributed by atoms with Gasteiger partial charge >= 0.3 is 0 Å². The molecule has 2 heterocycles. The molecular weight excluding hydrogens is 338 g/mol. The minimum atomic E-state index is 0.117. The summed E-state index contributed by atoms with van der Waals surface area (Å²) in [6, 6.07) is 12.4. The Hall–Kier alpha value is -2.95. The van der Waals surface area contributed by atoms with Crippen molar-refractivity contribution in [2.45, 2.75) is 45.1 Å². The van der Waals surface area contributed by atoms with Crippen LogP contribution in [0.15, 0.2) is 53.3 Å². The quantitative estimate of drug-likeness (QED) is 0.712. The number of hydrogen-bond acceptors (Lipinski definition) is 5. The van der Waals surface area contributed by atoms with Gasteiger partial charge in [0.25, 0.3) is 0 Å². The fraction of sp³-hybridized carbons (Fsp3) is 0.318. The summed E-state index contributed by atoms with van der Waals surface area (Å²) in [5, 5.41) is 3.16. The van der Waals surface area contributed by atoms with E-state index in [4.69, 9.17) is 4.42 Å². The number of hydrogen-bond donors (Lipinski definition) is 1. The maximum atomic E-state index is 12.6. The largest absolute Gasteiger partial charge is 0.467 e. The molecule has 1 aliphatic carbocycles. The second-order valence-electron chi connectivity index (χ2n) is 7.34. The topological polar surface area (TPSA) is 68.0 Å². The Bertz CT molecular complexity index is 931. The molecule has 27 heavy (non-hydrogen) atoms. The molecule has 0 bridgehead atoms. The van der Waals surface area contributed by atoms with Crippen molar-refractivity contribution < 1.29 is 9.21 Å². The smallest absolute Gasteiger partial charge is 0.223 e. The number of carbonyl (C=O) groups excluding carboxylic acids is 1. The van der Waals surface area contributed by atoms with Crippen molar-refractivity contribution in [1.82, 2.24) is 9.97 Å². The van der Waals surface area contributed by atoms with Gasteiger partial charge in [0.2, 0.25) is 5.95 Å². The van der Waals surface area contributed by atoms with Gasteiger partial charge in [-0.3, -0.25) is 4.79 Å². The molecule has 4 rings (SSSR count).